The van der Waals surface area contributed by atoms with Crippen molar-refractivity contribution in [2.24, 2.45) is 0 Å². The van der Waals surface area contributed by atoms with Gasteiger partial charge in [0, 0.05) is 12.1 Å². The average molecular weight is 192 g/mol. The zero-order chi connectivity index (χ0) is 10.3. The molecule has 0 aliphatic carbocycles. The minimum absolute atomic E-state index is 0.00171. The highest BCUT2D eigenvalue weighted by molar-refractivity contribution is 6.02. The number of fused-ring (bicyclic) bond motifs is 1. The van der Waals surface area contributed by atoms with Gasteiger partial charge in [-0.05, 0) is 18.6 Å². The van der Waals surface area contributed by atoms with E-state index in [-0.39, 0.29) is 17.5 Å². The van der Waals surface area contributed by atoms with Gasteiger partial charge in [-0.2, -0.15) is 0 Å². The van der Waals surface area contributed by atoms with Crippen LogP contribution in [0.1, 0.15) is 18.4 Å². The number of hydrogen-bond donors (Lipinski definition) is 1. The maximum Gasteiger partial charge on any atom is 0.271 e. The third-order valence-corrected chi connectivity index (χ3v) is 2.37. The smallest absolute Gasteiger partial charge is 0.271 e. The fourth-order valence-corrected chi connectivity index (χ4v) is 1.53. The molecule has 5 nitrogen and oxygen atoms in total. The first-order valence-electron chi connectivity index (χ1n) is 4.19. The maximum absolute atomic E-state index is 11.2. The minimum Gasteiger partial charge on any atom is -0.325 e. The van der Waals surface area contributed by atoms with Gasteiger partial charge in [0.15, 0.2) is 0 Å². The summed E-state index contributed by atoms with van der Waals surface area (Å²) in [5.74, 6) is -0.327. The number of hydrogen-bond acceptors (Lipinski definition) is 3. The Balaban J connectivity index is 2.49. The highest BCUT2D eigenvalue weighted by Gasteiger charge is 2.27. The van der Waals surface area contributed by atoms with Gasteiger partial charge in [-0.25, -0.2) is 0 Å². The molecule has 0 fully saturated rings. The van der Waals surface area contributed by atoms with Gasteiger partial charge in [-0.3, -0.25) is 14.9 Å². The number of carbonyl (C=O) groups is 1. The van der Waals surface area contributed by atoms with E-state index in [9.17, 15) is 14.9 Å². The summed E-state index contributed by atoms with van der Waals surface area (Å²) in [5, 5.41) is 13.1. The number of nitrogens with zero attached hydrogens (tertiary/aromatic N) is 1. The van der Waals surface area contributed by atoms with Crippen LogP contribution in [0, 0.1) is 10.1 Å². The molecule has 0 spiro atoms. The summed E-state index contributed by atoms with van der Waals surface area (Å²) in [4.78, 5) is 21.2. The average Bonchev–Trinajstić information content (AvgIpc) is 2.42. The van der Waals surface area contributed by atoms with Gasteiger partial charge in [0.1, 0.15) is 0 Å². The predicted molar refractivity (Wildman–Crippen MR) is 50.1 cm³/mol. The molecule has 0 saturated carbocycles. The van der Waals surface area contributed by atoms with E-state index < -0.39 is 4.92 Å². The molecule has 0 saturated heterocycles. The first kappa shape index (κ1) is 8.68. The maximum atomic E-state index is 11.2. The molecule has 0 radical (unpaired) electrons. The molecule has 1 aromatic carbocycles. The van der Waals surface area contributed by atoms with Crippen molar-refractivity contribution in [1.82, 2.24) is 0 Å². The molecule has 72 valence electrons. The van der Waals surface area contributed by atoms with Crippen LogP contribution < -0.4 is 5.32 Å². The van der Waals surface area contributed by atoms with E-state index in [0.29, 0.717) is 5.69 Å². The van der Waals surface area contributed by atoms with Crippen LogP contribution in [0.25, 0.3) is 0 Å². The molecule has 1 unspecified atom stereocenters. The fourth-order valence-electron chi connectivity index (χ4n) is 1.53. The number of nitro groups is 1. The van der Waals surface area contributed by atoms with Crippen LogP contribution in [0.2, 0.25) is 0 Å². The van der Waals surface area contributed by atoms with E-state index in [4.69, 9.17) is 0 Å². The third kappa shape index (κ3) is 1.14. The number of carbonyl (C=O) groups excluding carboxylic acids is 1. The summed E-state index contributed by atoms with van der Waals surface area (Å²) < 4.78 is 0. The zero-order valence-electron chi connectivity index (χ0n) is 7.48. The van der Waals surface area contributed by atoms with Gasteiger partial charge in [-0.15, -0.1) is 0 Å². The Hall–Kier alpha value is -1.91. The number of rotatable bonds is 1. The Morgan fingerprint density at radius 1 is 1.50 bits per heavy atom. The standard InChI is InChI=1S/C9H8N2O3/c1-5-7-3-2-6(11(13)14)4-8(7)10-9(5)12/h2-5H,1H3,(H,10,12). The summed E-state index contributed by atoms with van der Waals surface area (Å²) in [6.07, 6.45) is 0. The SMILES string of the molecule is CC1C(=O)Nc2cc([N+](=O)[O-])ccc21. The normalized spacial score (nSPS) is 18.9. The largest absolute Gasteiger partial charge is 0.325 e. The molecule has 0 aromatic heterocycles. The molecule has 5 heteroatoms. The summed E-state index contributed by atoms with van der Waals surface area (Å²) in [7, 11) is 0. The number of amides is 1. The number of anilines is 1. The molecule has 1 aliphatic heterocycles. The molecule has 1 heterocycles. The zero-order valence-corrected chi connectivity index (χ0v) is 7.48. The number of nitrogens with one attached hydrogen (secondary N) is 1. The van der Waals surface area contributed by atoms with Crippen molar-refractivity contribution < 1.29 is 9.72 Å². The van der Waals surface area contributed by atoms with E-state index >= 15 is 0 Å². The highest BCUT2D eigenvalue weighted by atomic mass is 16.6. The molecular weight excluding hydrogens is 184 g/mol. The van der Waals surface area contributed by atoms with E-state index in [2.05, 4.69) is 5.32 Å². The van der Waals surface area contributed by atoms with Crippen LogP contribution in [0.15, 0.2) is 18.2 Å². The molecule has 1 aromatic rings. The molecule has 1 atom stereocenters. The predicted octanol–water partition coefficient (Wildman–Crippen LogP) is 1.65. The summed E-state index contributed by atoms with van der Waals surface area (Å²) in [6.45, 7) is 1.77. The Bertz CT molecular complexity index is 428. The molecule has 1 N–H and O–H groups in total. The lowest BCUT2D eigenvalue weighted by molar-refractivity contribution is -0.384. The molecule has 0 bridgehead atoms. The minimum atomic E-state index is -0.477. The van der Waals surface area contributed by atoms with Crippen molar-refractivity contribution in [2.45, 2.75) is 12.8 Å². The summed E-state index contributed by atoms with van der Waals surface area (Å²) >= 11 is 0. The van der Waals surface area contributed by atoms with E-state index in [1.165, 1.54) is 12.1 Å². The van der Waals surface area contributed by atoms with E-state index in [0.717, 1.165) is 5.56 Å². The Kier molecular flexibility index (Phi) is 1.73. The van der Waals surface area contributed by atoms with Gasteiger partial charge in [-0.1, -0.05) is 0 Å². The molecule has 1 aliphatic rings. The van der Waals surface area contributed by atoms with Crippen LogP contribution in [-0.4, -0.2) is 10.8 Å². The van der Waals surface area contributed by atoms with Gasteiger partial charge >= 0.3 is 0 Å². The lowest BCUT2D eigenvalue weighted by Gasteiger charge is -1.99. The van der Waals surface area contributed by atoms with Crippen LogP contribution in [0.3, 0.4) is 0 Å². The molecule has 2 rings (SSSR count). The van der Waals surface area contributed by atoms with Gasteiger partial charge in [0.05, 0.1) is 16.5 Å². The first-order chi connectivity index (χ1) is 6.59. The highest BCUT2D eigenvalue weighted by Crippen LogP contribution is 2.34. The second kappa shape index (κ2) is 2.80. The van der Waals surface area contributed by atoms with Crippen molar-refractivity contribution >= 4 is 17.3 Å². The van der Waals surface area contributed by atoms with Crippen molar-refractivity contribution in [3.05, 3.63) is 33.9 Å². The first-order valence-corrected chi connectivity index (χ1v) is 4.19. The summed E-state index contributed by atoms with van der Waals surface area (Å²) in [6, 6.07) is 4.42. The number of benzene rings is 1. The Morgan fingerprint density at radius 3 is 2.86 bits per heavy atom. The van der Waals surface area contributed by atoms with Crippen molar-refractivity contribution in [3.8, 4) is 0 Å². The van der Waals surface area contributed by atoms with Gasteiger partial charge in [0.25, 0.3) is 5.69 Å². The topological polar surface area (TPSA) is 72.2 Å². The van der Waals surface area contributed by atoms with Crippen LogP contribution in [-0.2, 0) is 4.79 Å². The molecule has 1 amide bonds. The van der Waals surface area contributed by atoms with Crippen LogP contribution in [0.4, 0.5) is 11.4 Å². The van der Waals surface area contributed by atoms with Crippen LogP contribution in [0.5, 0.6) is 0 Å². The quantitative estimate of drug-likeness (QED) is 0.543. The lowest BCUT2D eigenvalue weighted by atomic mass is 10.0. The number of nitro benzene ring substituents is 1. The van der Waals surface area contributed by atoms with Crippen molar-refractivity contribution in [3.63, 3.8) is 0 Å². The molecule has 14 heavy (non-hydrogen) atoms. The van der Waals surface area contributed by atoms with Gasteiger partial charge in [0.2, 0.25) is 5.91 Å². The monoisotopic (exact) mass is 192 g/mol. The second-order valence-corrected chi connectivity index (χ2v) is 3.24. The molecular formula is C9H8N2O3. The number of non-ortho nitro benzene ring substituents is 1. The Morgan fingerprint density at radius 2 is 2.21 bits per heavy atom. The van der Waals surface area contributed by atoms with E-state index in [1.54, 1.807) is 13.0 Å². The van der Waals surface area contributed by atoms with Crippen molar-refractivity contribution in [1.29, 1.82) is 0 Å². The Labute approximate surface area is 79.9 Å². The van der Waals surface area contributed by atoms with Gasteiger partial charge < -0.3 is 5.32 Å². The van der Waals surface area contributed by atoms with E-state index in [1.807, 2.05) is 0 Å². The fraction of sp³-hybridized carbons (Fsp3) is 0.222. The lowest BCUT2D eigenvalue weighted by Crippen LogP contribution is -2.08. The second-order valence-electron chi connectivity index (χ2n) is 3.24. The summed E-state index contributed by atoms with van der Waals surface area (Å²) in [5.41, 5.74) is 1.37. The van der Waals surface area contributed by atoms with Crippen LogP contribution >= 0.6 is 0 Å². The third-order valence-electron chi connectivity index (χ3n) is 2.37. The van der Waals surface area contributed by atoms with Crippen molar-refractivity contribution in [2.75, 3.05) is 5.32 Å².